The third kappa shape index (κ3) is 4.07. The smallest absolute Gasteiger partial charge is 0.258 e. The van der Waals surface area contributed by atoms with E-state index in [0.717, 1.165) is 43.3 Å². The van der Waals surface area contributed by atoms with Crippen LogP contribution in [0.15, 0.2) is 49.1 Å². The molecule has 1 saturated heterocycles. The summed E-state index contributed by atoms with van der Waals surface area (Å²) in [4.78, 5) is 15.2. The van der Waals surface area contributed by atoms with Gasteiger partial charge >= 0.3 is 0 Å². The normalized spacial score (nSPS) is 15.2. The van der Waals surface area contributed by atoms with E-state index in [1.165, 1.54) is 0 Å². The predicted molar refractivity (Wildman–Crippen MR) is 105 cm³/mol. The second-order valence-electron chi connectivity index (χ2n) is 6.65. The second-order valence-corrected chi connectivity index (χ2v) is 6.65. The van der Waals surface area contributed by atoms with Gasteiger partial charge in [-0.15, -0.1) is 6.58 Å². The Bertz CT molecular complexity index is 763. The fourth-order valence-electron chi connectivity index (χ4n) is 3.53. The molecule has 0 saturated carbocycles. The maximum atomic E-state index is 13.3. The summed E-state index contributed by atoms with van der Waals surface area (Å²) in [6.45, 7) is 9.01. The van der Waals surface area contributed by atoms with Crippen molar-refractivity contribution in [3.8, 4) is 5.75 Å². The van der Waals surface area contributed by atoms with E-state index in [1.54, 1.807) is 6.08 Å². The van der Waals surface area contributed by atoms with E-state index in [-0.39, 0.29) is 5.91 Å². The lowest BCUT2D eigenvalue weighted by Crippen LogP contribution is -2.39. The van der Waals surface area contributed by atoms with Gasteiger partial charge in [0.1, 0.15) is 5.75 Å². The van der Waals surface area contributed by atoms with Crippen molar-refractivity contribution in [1.29, 1.82) is 0 Å². The van der Waals surface area contributed by atoms with Crippen LogP contribution >= 0.6 is 0 Å². The lowest BCUT2D eigenvalue weighted by atomic mass is 9.96. The molecule has 0 aromatic heterocycles. The molecule has 1 heterocycles. The molecule has 4 nitrogen and oxygen atoms in total. The van der Waals surface area contributed by atoms with Gasteiger partial charge in [-0.25, -0.2) is 0 Å². The van der Waals surface area contributed by atoms with Crippen LogP contribution in [0.2, 0.25) is 0 Å². The Morgan fingerprint density at radius 3 is 2.73 bits per heavy atom. The number of benzene rings is 2. The van der Waals surface area contributed by atoms with Gasteiger partial charge in [-0.05, 0) is 42.5 Å². The highest BCUT2D eigenvalue weighted by Crippen LogP contribution is 2.31. The summed E-state index contributed by atoms with van der Waals surface area (Å²) < 4.78 is 11.3. The number of hydrogen-bond donors (Lipinski definition) is 0. The molecule has 0 unspecified atom stereocenters. The number of nitrogens with zero attached hydrogens (tertiary/aromatic N) is 1. The SMILES string of the molecule is C=CCOCC1CCN(C(=O)c2c(OCC)ccc3ccccc23)CC1. The first kappa shape index (κ1) is 18.5. The first-order valence-corrected chi connectivity index (χ1v) is 9.37. The number of rotatable bonds is 7. The first-order valence-electron chi connectivity index (χ1n) is 9.37. The van der Waals surface area contributed by atoms with E-state index in [1.807, 2.05) is 48.2 Å². The van der Waals surface area contributed by atoms with Gasteiger partial charge in [0.15, 0.2) is 0 Å². The molecule has 0 aliphatic carbocycles. The van der Waals surface area contributed by atoms with Crippen LogP contribution in [0.3, 0.4) is 0 Å². The molecule has 0 radical (unpaired) electrons. The molecule has 0 N–H and O–H groups in total. The topological polar surface area (TPSA) is 38.8 Å². The Kier molecular flexibility index (Phi) is 6.29. The number of likely N-dealkylation sites (tertiary alicyclic amines) is 1. The van der Waals surface area contributed by atoms with Crippen molar-refractivity contribution >= 4 is 16.7 Å². The molecule has 1 fully saturated rings. The largest absolute Gasteiger partial charge is 0.493 e. The van der Waals surface area contributed by atoms with Crippen LogP contribution in [0, 0.1) is 5.92 Å². The van der Waals surface area contributed by atoms with Crippen LogP contribution < -0.4 is 4.74 Å². The number of carbonyl (C=O) groups is 1. The molecule has 26 heavy (non-hydrogen) atoms. The Hall–Kier alpha value is -2.33. The van der Waals surface area contributed by atoms with Crippen molar-refractivity contribution in [3.63, 3.8) is 0 Å². The zero-order chi connectivity index (χ0) is 18.4. The summed E-state index contributed by atoms with van der Waals surface area (Å²) in [5.41, 5.74) is 0.686. The Morgan fingerprint density at radius 2 is 2.00 bits per heavy atom. The quantitative estimate of drug-likeness (QED) is 0.550. The molecule has 0 spiro atoms. The monoisotopic (exact) mass is 353 g/mol. The minimum Gasteiger partial charge on any atom is -0.493 e. The predicted octanol–water partition coefficient (Wildman–Crippen LogP) is 4.29. The molecule has 0 atom stereocenters. The van der Waals surface area contributed by atoms with Crippen molar-refractivity contribution in [2.75, 3.05) is 32.9 Å². The van der Waals surface area contributed by atoms with Gasteiger partial charge in [0, 0.05) is 19.7 Å². The maximum Gasteiger partial charge on any atom is 0.258 e. The third-order valence-electron chi connectivity index (χ3n) is 4.90. The first-order chi connectivity index (χ1) is 12.7. The average Bonchev–Trinajstić information content (AvgIpc) is 2.68. The number of amides is 1. The van der Waals surface area contributed by atoms with Gasteiger partial charge in [0.05, 0.1) is 18.8 Å². The van der Waals surface area contributed by atoms with Crippen molar-refractivity contribution in [3.05, 3.63) is 54.6 Å². The van der Waals surface area contributed by atoms with E-state index in [9.17, 15) is 4.79 Å². The lowest BCUT2D eigenvalue weighted by molar-refractivity contribution is 0.0574. The number of hydrogen-bond acceptors (Lipinski definition) is 3. The molecule has 4 heteroatoms. The van der Waals surface area contributed by atoms with E-state index in [2.05, 4.69) is 6.58 Å². The van der Waals surface area contributed by atoms with E-state index >= 15 is 0 Å². The number of fused-ring (bicyclic) bond motifs is 1. The van der Waals surface area contributed by atoms with Crippen LogP contribution in [-0.2, 0) is 4.74 Å². The van der Waals surface area contributed by atoms with Crippen molar-refractivity contribution < 1.29 is 14.3 Å². The van der Waals surface area contributed by atoms with Gasteiger partial charge in [-0.1, -0.05) is 36.4 Å². The molecule has 2 aromatic carbocycles. The Balaban J connectivity index is 1.77. The fourth-order valence-corrected chi connectivity index (χ4v) is 3.53. The highest BCUT2D eigenvalue weighted by molar-refractivity contribution is 6.09. The van der Waals surface area contributed by atoms with Crippen molar-refractivity contribution in [1.82, 2.24) is 4.90 Å². The maximum absolute atomic E-state index is 13.3. The van der Waals surface area contributed by atoms with Gasteiger partial charge in [-0.3, -0.25) is 4.79 Å². The molecule has 3 rings (SSSR count). The van der Waals surface area contributed by atoms with Crippen LogP contribution in [0.25, 0.3) is 10.8 Å². The summed E-state index contributed by atoms with van der Waals surface area (Å²) in [7, 11) is 0. The highest BCUT2D eigenvalue weighted by Gasteiger charge is 2.27. The van der Waals surface area contributed by atoms with E-state index in [4.69, 9.17) is 9.47 Å². The minimum absolute atomic E-state index is 0.0655. The number of carbonyl (C=O) groups excluding carboxylic acids is 1. The molecule has 1 aliphatic heterocycles. The van der Waals surface area contributed by atoms with Gasteiger partial charge in [0.2, 0.25) is 0 Å². The minimum atomic E-state index is 0.0655. The van der Waals surface area contributed by atoms with Crippen LogP contribution in [0.1, 0.15) is 30.1 Å². The average molecular weight is 353 g/mol. The molecular formula is C22H27NO3. The number of ether oxygens (including phenoxy) is 2. The zero-order valence-electron chi connectivity index (χ0n) is 15.4. The van der Waals surface area contributed by atoms with Gasteiger partial charge in [0.25, 0.3) is 5.91 Å². The lowest BCUT2D eigenvalue weighted by Gasteiger charge is -2.32. The van der Waals surface area contributed by atoms with Crippen LogP contribution in [0.5, 0.6) is 5.75 Å². The molecule has 138 valence electrons. The highest BCUT2D eigenvalue weighted by atomic mass is 16.5. The van der Waals surface area contributed by atoms with Gasteiger partial charge in [-0.2, -0.15) is 0 Å². The van der Waals surface area contributed by atoms with E-state index in [0.29, 0.717) is 30.4 Å². The Morgan fingerprint density at radius 1 is 1.23 bits per heavy atom. The standard InChI is InChI=1S/C22H27NO3/c1-3-15-25-16-17-11-13-23(14-12-17)22(24)21-19-8-6-5-7-18(19)9-10-20(21)26-4-2/h3,5-10,17H,1,4,11-16H2,2H3. The summed E-state index contributed by atoms with van der Waals surface area (Å²) in [5.74, 6) is 1.25. The summed E-state index contributed by atoms with van der Waals surface area (Å²) in [5, 5.41) is 2.02. The molecule has 2 aromatic rings. The molecular weight excluding hydrogens is 326 g/mol. The zero-order valence-corrected chi connectivity index (χ0v) is 15.4. The fraction of sp³-hybridized carbons (Fsp3) is 0.409. The second kappa shape index (κ2) is 8.86. The third-order valence-corrected chi connectivity index (χ3v) is 4.90. The van der Waals surface area contributed by atoms with Crippen LogP contribution in [-0.4, -0.2) is 43.7 Å². The van der Waals surface area contributed by atoms with Crippen LogP contribution in [0.4, 0.5) is 0 Å². The summed E-state index contributed by atoms with van der Waals surface area (Å²) in [6, 6.07) is 11.9. The summed E-state index contributed by atoms with van der Waals surface area (Å²) >= 11 is 0. The summed E-state index contributed by atoms with van der Waals surface area (Å²) in [6.07, 6.45) is 3.71. The molecule has 0 bridgehead atoms. The van der Waals surface area contributed by atoms with Crippen molar-refractivity contribution in [2.24, 2.45) is 5.92 Å². The van der Waals surface area contributed by atoms with Gasteiger partial charge < -0.3 is 14.4 Å². The number of piperidine rings is 1. The molecule has 1 amide bonds. The Labute approximate surface area is 155 Å². The van der Waals surface area contributed by atoms with Crippen molar-refractivity contribution in [2.45, 2.75) is 19.8 Å². The molecule has 1 aliphatic rings. The van der Waals surface area contributed by atoms with E-state index < -0.39 is 0 Å².